The third-order valence-corrected chi connectivity index (χ3v) is 2.38. The van der Waals surface area contributed by atoms with Gasteiger partial charge in [0.25, 0.3) is 0 Å². The molecule has 3 nitrogen and oxygen atoms in total. The topological polar surface area (TPSA) is 41.5 Å². The molecular formula is C9H11BrFNO2. The van der Waals surface area contributed by atoms with Gasteiger partial charge in [0.15, 0.2) is 17.3 Å². The Morgan fingerprint density at radius 2 is 2.29 bits per heavy atom. The molecule has 1 aromatic carbocycles. The van der Waals surface area contributed by atoms with Crippen molar-refractivity contribution in [2.75, 3.05) is 14.2 Å². The zero-order valence-electron chi connectivity index (χ0n) is 7.90. The monoisotopic (exact) mass is 263 g/mol. The van der Waals surface area contributed by atoms with Gasteiger partial charge in [-0.15, -0.1) is 0 Å². The number of phenols is 1. The van der Waals surface area contributed by atoms with E-state index in [4.69, 9.17) is 4.74 Å². The molecule has 0 aliphatic heterocycles. The lowest BCUT2D eigenvalue weighted by Crippen LogP contribution is -2.06. The van der Waals surface area contributed by atoms with Crippen molar-refractivity contribution in [2.24, 2.45) is 0 Å². The van der Waals surface area contributed by atoms with E-state index in [1.165, 1.54) is 13.2 Å². The Bertz CT molecular complexity index is 344. The summed E-state index contributed by atoms with van der Waals surface area (Å²) in [6, 6.07) is 1.52. The number of hydrogen-bond acceptors (Lipinski definition) is 3. The van der Waals surface area contributed by atoms with Crippen LogP contribution in [0.3, 0.4) is 0 Å². The van der Waals surface area contributed by atoms with Crippen LogP contribution in [0.4, 0.5) is 4.39 Å². The summed E-state index contributed by atoms with van der Waals surface area (Å²) in [5.74, 6) is -0.892. The average molecular weight is 264 g/mol. The summed E-state index contributed by atoms with van der Waals surface area (Å²) >= 11 is 3.05. The summed E-state index contributed by atoms with van der Waals surface area (Å²) in [7, 11) is 3.05. The van der Waals surface area contributed by atoms with Gasteiger partial charge in [0.2, 0.25) is 0 Å². The first-order chi connectivity index (χ1) is 6.61. The third-order valence-electron chi connectivity index (χ3n) is 1.80. The van der Waals surface area contributed by atoms with Gasteiger partial charge in [-0.1, -0.05) is 0 Å². The van der Waals surface area contributed by atoms with Crippen LogP contribution in [0.2, 0.25) is 0 Å². The molecule has 0 aliphatic carbocycles. The van der Waals surface area contributed by atoms with Gasteiger partial charge >= 0.3 is 0 Å². The molecule has 0 amide bonds. The van der Waals surface area contributed by atoms with Crippen LogP contribution >= 0.6 is 15.9 Å². The Balaban J connectivity index is 3.27. The molecule has 1 rings (SSSR count). The van der Waals surface area contributed by atoms with Gasteiger partial charge in [-0.25, -0.2) is 4.39 Å². The predicted octanol–water partition coefficient (Wildman–Crippen LogP) is 2.02. The van der Waals surface area contributed by atoms with E-state index in [2.05, 4.69) is 21.2 Å². The van der Waals surface area contributed by atoms with Crippen LogP contribution < -0.4 is 10.1 Å². The van der Waals surface area contributed by atoms with Crippen LogP contribution in [0, 0.1) is 5.82 Å². The highest BCUT2D eigenvalue weighted by molar-refractivity contribution is 9.10. The molecule has 14 heavy (non-hydrogen) atoms. The first-order valence-corrected chi connectivity index (χ1v) is 4.79. The highest BCUT2D eigenvalue weighted by atomic mass is 79.9. The van der Waals surface area contributed by atoms with Crippen molar-refractivity contribution in [1.29, 1.82) is 0 Å². The molecule has 2 N–H and O–H groups in total. The first kappa shape index (κ1) is 11.3. The predicted molar refractivity (Wildman–Crippen MR) is 55.1 cm³/mol. The second-order valence-corrected chi connectivity index (χ2v) is 3.60. The van der Waals surface area contributed by atoms with E-state index in [1.54, 1.807) is 7.05 Å². The lowest BCUT2D eigenvalue weighted by molar-refractivity contribution is 0.347. The number of hydrogen-bond donors (Lipinski definition) is 2. The van der Waals surface area contributed by atoms with Gasteiger partial charge in [0.1, 0.15) is 0 Å². The number of halogens is 2. The molecule has 0 spiro atoms. The van der Waals surface area contributed by atoms with Crippen LogP contribution in [0.15, 0.2) is 10.5 Å². The Morgan fingerprint density at radius 1 is 1.64 bits per heavy atom. The fourth-order valence-corrected chi connectivity index (χ4v) is 1.61. The van der Waals surface area contributed by atoms with Crippen molar-refractivity contribution < 1.29 is 14.2 Å². The van der Waals surface area contributed by atoms with Gasteiger partial charge in [0, 0.05) is 12.1 Å². The second kappa shape index (κ2) is 4.61. The van der Waals surface area contributed by atoms with Crippen LogP contribution in [0.5, 0.6) is 11.5 Å². The molecule has 0 fully saturated rings. The van der Waals surface area contributed by atoms with Crippen LogP contribution in [-0.4, -0.2) is 19.3 Å². The number of methoxy groups -OCH3 is 1. The number of ether oxygens (including phenoxy) is 1. The Morgan fingerprint density at radius 3 is 2.79 bits per heavy atom. The number of nitrogens with one attached hydrogen (secondary N) is 1. The summed E-state index contributed by atoms with van der Waals surface area (Å²) in [5.41, 5.74) is 0.581. The molecule has 0 unspecified atom stereocenters. The van der Waals surface area contributed by atoms with E-state index in [1.807, 2.05) is 0 Å². The molecule has 5 heteroatoms. The second-order valence-electron chi connectivity index (χ2n) is 2.74. The molecule has 0 saturated carbocycles. The van der Waals surface area contributed by atoms with Crippen molar-refractivity contribution in [3.63, 3.8) is 0 Å². The first-order valence-electron chi connectivity index (χ1n) is 4.00. The van der Waals surface area contributed by atoms with E-state index in [0.29, 0.717) is 12.1 Å². The van der Waals surface area contributed by atoms with E-state index >= 15 is 0 Å². The zero-order chi connectivity index (χ0) is 10.7. The Labute approximate surface area is 90.0 Å². The molecular weight excluding hydrogens is 253 g/mol. The lowest BCUT2D eigenvalue weighted by atomic mass is 10.2. The summed E-state index contributed by atoms with van der Waals surface area (Å²) in [5, 5.41) is 12.5. The fourth-order valence-electron chi connectivity index (χ4n) is 1.15. The largest absolute Gasteiger partial charge is 0.504 e. The summed E-state index contributed by atoms with van der Waals surface area (Å²) < 4.78 is 18.4. The summed E-state index contributed by atoms with van der Waals surface area (Å²) in [4.78, 5) is 0. The van der Waals surface area contributed by atoms with Crippen molar-refractivity contribution in [3.8, 4) is 11.5 Å². The molecule has 0 atom stereocenters. The average Bonchev–Trinajstić information content (AvgIpc) is 2.16. The maximum absolute atomic E-state index is 13.3. The van der Waals surface area contributed by atoms with Crippen molar-refractivity contribution in [2.45, 2.75) is 6.54 Å². The number of phenolic OH excluding ortho intramolecular Hbond substituents is 1. The summed E-state index contributed by atoms with van der Waals surface area (Å²) in [6.45, 7) is 0.446. The van der Waals surface area contributed by atoms with E-state index < -0.39 is 5.82 Å². The Hall–Kier alpha value is -0.810. The molecule has 1 aromatic rings. The molecule has 0 aliphatic rings. The van der Waals surface area contributed by atoms with Gasteiger partial charge < -0.3 is 15.2 Å². The molecule has 0 heterocycles. The minimum Gasteiger partial charge on any atom is -0.504 e. The maximum Gasteiger partial charge on any atom is 0.198 e. The molecule has 0 bridgehead atoms. The smallest absolute Gasteiger partial charge is 0.198 e. The molecule has 0 aromatic heterocycles. The SMILES string of the molecule is CNCc1cc(Br)c(F)c(OC)c1O. The van der Waals surface area contributed by atoms with Gasteiger partial charge in [-0.3, -0.25) is 0 Å². The highest BCUT2D eigenvalue weighted by Crippen LogP contribution is 2.37. The van der Waals surface area contributed by atoms with Gasteiger partial charge in [0.05, 0.1) is 11.6 Å². The minimum atomic E-state index is -0.593. The maximum atomic E-state index is 13.3. The lowest BCUT2D eigenvalue weighted by Gasteiger charge is -2.10. The normalized spacial score (nSPS) is 10.3. The van der Waals surface area contributed by atoms with Crippen molar-refractivity contribution in [1.82, 2.24) is 5.32 Å². The number of rotatable bonds is 3. The highest BCUT2D eigenvalue weighted by Gasteiger charge is 2.16. The van der Waals surface area contributed by atoms with Gasteiger partial charge in [-0.2, -0.15) is 0 Å². The minimum absolute atomic E-state index is 0.135. The third kappa shape index (κ3) is 1.99. The Kier molecular flexibility index (Phi) is 3.71. The van der Waals surface area contributed by atoms with Crippen LogP contribution in [0.25, 0.3) is 0 Å². The standard InChI is InChI=1S/C9H11BrFNO2/c1-12-4-5-3-6(10)7(11)9(14-2)8(5)13/h3,12-13H,4H2,1-2H3. The molecule has 0 saturated heterocycles. The number of benzene rings is 1. The van der Waals surface area contributed by atoms with Crippen LogP contribution in [0.1, 0.15) is 5.56 Å². The molecule has 78 valence electrons. The fraction of sp³-hybridized carbons (Fsp3) is 0.333. The van der Waals surface area contributed by atoms with E-state index in [-0.39, 0.29) is 16.0 Å². The molecule has 0 radical (unpaired) electrons. The van der Waals surface area contributed by atoms with Gasteiger partial charge in [-0.05, 0) is 29.0 Å². The van der Waals surface area contributed by atoms with E-state index in [9.17, 15) is 9.50 Å². The van der Waals surface area contributed by atoms with Crippen molar-refractivity contribution >= 4 is 15.9 Å². The zero-order valence-corrected chi connectivity index (χ0v) is 9.48. The van der Waals surface area contributed by atoms with Crippen LogP contribution in [-0.2, 0) is 6.54 Å². The quantitative estimate of drug-likeness (QED) is 0.877. The van der Waals surface area contributed by atoms with Crippen molar-refractivity contribution in [3.05, 3.63) is 21.9 Å². The number of aromatic hydroxyl groups is 1. The van der Waals surface area contributed by atoms with E-state index in [0.717, 1.165) is 0 Å². The summed E-state index contributed by atoms with van der Waals surface area (Å²) in [6.07, 6.45) is 0.